The zero-order valence-corrected chi connectivity index (χ0v) is 16.8. The van der Waals surface area contributed by atoms with Gasteiger partial charge in [-0.1, -0.05) is 13.8 Å². The number of hydrogen-bond donors (Lipinski definition) is 0. The number of rotatable bonds is 10. The maximum atomic E-state index is 13.0. The predicted octanol–water partition coefficient (Wildman–Crippen LogP) is 2.39. The van der Waals surface area contributed by atoms with Gasteiger partial charge >= 0.3 is 0 Å². The molecule has 0 radical (unpaired) electrons. The van der Waals surface area contributed by atoms with Gasteiger partial charge in [0.25, 0.3) is 11.6 Å². The fraction of sp³-hybridized carbons (Fsp3) is 0.600. The average molecular weight is 390 g/mol. The second-order valence-corrected chi connectivity index (χ2v) is 7.00. The van der Waals surface area contributed by atoms with Gasteiger partial charge in [0, 0.05) is 37.3 Å². The summed E-state index contributed by atoms with van der Waals surface area (Å²) in [5.41, 5.74) is 0.306. The number of carbonyl (C=O) groups excluding carboxylic acids is 2. The first kappa shape index (κ1) is 21.8. The van der Waals surface area contributed by atoms with E-state index < -0.39 is 4.92 Å². The summed E-state index contributed by atoms with van der Waals surface area (Å²) in [6, 6.07) is 5.56. The number of nitro benzene ring substituents is 1. The average Bonchev–Trinajstić information content (AvgIpc) is 3.25. The number of hydrogen-bond acceptors (Lipinski definition) is 5. The number of carbonyl (C=O) groups is 2. The van der Waals surface area contributed by atoms with E-state index in [0.717, 1.165) is 52.0 Å². The molecule has 1 aliphatic rings. The highest BCUT2D eigenvalue weighted by molar-refractivity contribution is 5.96. The molecule has 1 heterocycles. The minimum atomic E-state index is -0.493. The van der Waals surface area contributed by atoms with E-state index in [1.54, 1.807) is 9.80 Å². The van der Waals surface area contributed by atoms with Crippen LogP contribution in [0.25, 0.3) is 0 Å². The monoisotopic (exact) mass is 390 g/mol. The van der Waals surface area contributed by atoms with Crippen molar-refractivity contribution < 1.29 is 14.5 Å². The van der Waals surface area contributed by atoms with Crippen LogP contribution >= 0.6 is 0 Å². The normalized spacial score (nSPS) is 13.8. The molecule has 154 valence electrons. The van der Waals surface area contributed by atoms with Crippen molar-refractivity contribution in [2.75, 3.05) is 45.8 Å². The van der Waals surface area contributed by atoms with Crippen molar-refractivity contribution in [2.24, 2.45) is 0 Å². The van der Waals surface area contributed by atoms with E-state index in [1.165, 1.54) is 24.3 Å². The van der Waals surface area contributed by atoms with E-state index in [1.807, 2.05) is 0 Å². The first-order chi connectivity index (χ1) is 13.5. The van der Waals surface area contributed by atoms with Gasteiger partial charge in [0.1, 0.15) is 6.54 Å². The van der Waals surface area contributed by atoms with Crippen LogP contribution in [0.3, 0.4) is 0 Å². The van der Waals surface area contributed by atoms with Crippen LogP contribution in [0.2, 0.25) is 0 Å². The van der Waals surface area contributed by atoms with Crippen molar-refractivity contribution >= 4 is 17.5 Å². The molecule has 1 aromatic rings. The van der Waals surface area contributed by atoms with Crippen LogP contribution in [0.15, 0.2) is 24.3 Å². The van der Waals surface area contributed by atoms with Gasteiger partial charge in [-0.15, -0.1) is 0 Å². The summed E-state index contributed by atoms with van der Waals surface area (Å²) in [5.74, 6) is -0.294. The molecule has 1 aromatic carbocycles. The Hall–Kier alpha value is -2.48. The third-order valence-electron chi connectivity index (χ3n) is 5.19. The first-order valence-corrected chi connectivity index (χ1v) is 10.00. The number of likely N-dealkylation sites (tertiary alicyclic amines) is 1. The molecule has 0 aromatic heterocycles. The van der Waals surface area contributed by atoms with Gasteiger partial charge in [-0.05, 0) is 51.0 Å². The highest BCUT2D eigenvalue weighted by Crippen LogP contribution is 2.15. The molecule has 8 heteroatoms. The molecule has 0 aliphatic carbocycles. The Morgan fingerprint density at radius 2 is 1.68 bits per heavy atom. The van der Waals surface area contributed by atoms with E-state index >= 15 is 0 Å². The van der Waals surface area contributed by atoms with E-state index in [2.05, 4.69) is 18.7 Å². The number of benzene rings is 1. The number of amides is 2. The molecule has 1 saturated heterocycles. The maximum absolute atomic E-state index is 13.0. The lowest BCUT2D eigenvalue weighted by atomic mass is 10.1. The molecule has 2 rings (SSSR count). The quantitative estimate of drug-likeness (QED) is 0.452. The molecule has 0 N–H and O–H groups in total. The zero-order chi connectivity index (χ0) is 20.5. The van der Waals surface area contributed by atoms with Gasteiger partial charge in [-0.25, -0.2) is 0 Å². The van der Waals surface area contributed by atoms with E-state index in [9.17, 15) is 19.7 Å². The van der Waals surface area contributed by atoms with Crippen molar-refractivity contribution in [1.82, 2.24) is 14.7 Å². The van der Waals surface area contributed by atoms with Gasteiger partial charge in [0.05, 0.1) is 4.92 Å². The second kappa shape index (κ2) is 10.8. The lowest BCUT2D eigenvalue weighted by molar-refractivity contribution is -0.384. The predicted molar refractivity (Wildman–Crippen MR) is 107 cm³/mol. The minimum absolute atomic E-state index is 0.0319. The molecule has 1 aliphatic heterocycles. The molecule has 0 atom stereocenters. The Morgan fingerprint density at radius 1 is 1.07 bits per heavy atom. The van der Waals surface area contributed by atoms with Gasteiger partial charge < -0.3 is 14.7 Å². The van der Waals surface area contributed by atoms with Crippen molar-refractivity contribution in [3.8, 4) is 0 Å². The fourth-order valence-corrected chi connectivity index (χ4v) is 3.42. The lowest BCUT2D eigenvalue weighted by Gasteiger charge is -2.26. The second-order valence-electron chi connectivity index (χ2n) is 7.00. The summed E-state index contributed by atoms with van der Waals surface area (Å²) in [4.78, 5) is 41.5. The Labute approximate surface area is 166 Å². The van der Waals surface area contributed by atoms with Gasteiger partial charge in [-0.3, -0.25) is 19.7 Å². The van der Waals surface area contributed by atoms with Gasteiger partial charge in [0.15, 0.2) is 0 Å². The van der Waals surface area contributed by atoms with E-state index in [4.69, 9.17) is 0 Å². The molecule has 8 nitrogen and oxygen atoms in total. The Morgan fingerprint density at radius 3 is 2.21 bits per heavy atom. The number of non-ortho nitro benzene ring substituents is 1. The molecule has 0 unspecified atom stereocenters. The molecule has 0 spiro atoms. The molecule has 1 fully saturated rings. The van der Waals surface area contributed by atoms with Crippen LogP contribution in [-0.4, -0.2) is 77.3 Å². The van der Waals surface area contributed by atoms with Crippen molar-refractivity contribution in [2.45, 2.75) is 33.1 Å². The van der Waals surface area contributed by atoms with Crippen LogP contribution in [0.1, 0.15) is 43.5 Å². The Balaban J connectivity index is 2.07. The van der Waals surface area contributed by atoms with Gasteiger partial charge in [0.2, 0.25) is 5.91 Å². The van der Waals surface area contributed by atoms with Crippen LogP contribution in [0, 0.1) is 10.1 Å². The van der Waals surface area contributed by atoms with Crippen LogP contribution in [0.5, 0.6) is 0 Å². The smallest absolute Gasteiger partial charge is 0.269 e. The fourth-order valence-electron chi connectivity index (χ4n) is 3.42. The van der Waals surface area contributed by atoms with E-state index in [-0.39, 0.29) is 24.0 Å². The minimum Gasteiger partial charge on any atom is -0.341 e. The van der Waals surface area contributed by atoms with Crippen molar-refractivity contribution in [1.29, 1.82) is 0 Å². The molecular formula is C20H30N4O4. The number of nitro groups is 1. The zero-order valence-electron chi connectivity index (χ0n) is 16.8. The largest absolute Gasteiger partial charge is 0.341 e. The topological polar surface area (TPSA) is 87.0 Å². The standard InChI is InChI=1S/C20H30N4O4/c1-3-21(4-2)12-7-15-23(16-19(25)22-13-5-6-14-22)20(26)17-8-10-18(11-9-17)24(27)28/h8-11H,3-7,12-16H2,1-2H3. The summed E-state index contributed by atoms with van der Waals surface area (Å²) in [6.45, 7) is 8.96. The molecular weight excluding hydrogens is 360 g/mol. The third-order valence-corrected chi connectivity index (χ3v) is 5.19. The maximum Gasteiger partial charge on any atom is 0.269 e. The van der Waals surface area contributed by atoms with E-state index in [0.29, 0.717) is 12.1 Å². The summed E-state index contributed by atoms with van der Waals surface area (Å²) >= 11 is 0. The summed E-state index contributed by atoms with van der Waals surface area (Å²) < 4.78 is 0. The molecule has 0 bridgehead atoms. The Kier molecular flexibility index (Phi) is 8.38. The van der Waals surface area contributed by atoms with Crippen molar-refractivity contribution in [3.05, 3.63) is 39.9 Å². The number of nitrogens with zero attached hydrogens (tertiary/aromatic N) is 4. The third kappa shape index (κ3) is 6.02. The highest BCUT2D eigenvalue weighted by atomic mass is 16.6. The summed E-state index contributed by atoms with van der Waals surface area (Å²) in [7, 11) is 0. The SMILES string of the molecule is CCN(CC)CCCN(CC(=O)N1CCCC1)C(=O)c1ccc([N+](=O)[O-])cc1. The molecule has 28 heavy (non-hydrogen) atoms. The van der Waals surface area contributed by atoms with Crippen LogP contribution in [-0.2, 0) is 4.79 Å². The summed E-state index contributed by atoms with van der Waals surface area (Å²) in [5, 5.41) is 10.8. The highest BCUT2D eigenvalue weighted by Gasteiger charge is 2.24. The van der Waals surface area contributed by atoms with Gasteiger partial charge in [-0.2, -0.15) is 0 Å². The first-order valence-electron chi connectivity index (χ1n) is 10.00. The summed E-state index contributed by atoms with van der Waals surface area (Å²) in [6.07, 6.45) is 2.78. The van der Waals surface area contributed by atoms with Crippen LogP contribution in [0.4, 0.5) is 5.69 Å². The molecule has 2 amide bonds. The Bertz CT molecular complexity index is 667. The molecule has 0 saturated carbocycles. The van der Waals surface area contributed by atoms with Crippen LogP contribution < -0.4 is 0 Å². The van der Waals surface area contributed by atoms with Crippen molar-refractivity contribution in [3.63, 3.8) is 0 Å². The lowest BCUT2D eigenvalue weighted by Crippen LogP contribution is -2.43.